The molecule has 0 aromatic heterocycles. The molecule has 1 saturated heterocycles. The highest BCUT2D eigenvalue weighted by atomic mass is 16.5. The van der Waals surface area contributed by atoms with E-state index in [0.717, 1.165) is 18.9 Å². The Bertz CT molecular complexity index is 225. The van der Waals surface area contributed by atoms with Crippen LogP contribution in [0.2, 0.25) is 0 Å². The molecule has 3 heteroatoms. The molecule has 1 saturated carbocycles. The number of hydrogen-bond acceptors (Lipinski definition) is 3. The molecular weight excluding hydrogens is 178 g/mol. The van der Waals surface area contributed by atoms with E-state index in [1.54, 1.807) is 0 Å². The maximum Gasteiger partial charge on any atom is 0.310 e. The molecular formula is C11H19NO2. The van der Waals surface area contributed by atoms with Crippen LogP contribution in [0.5, 0.6) is 0 Å². The highest BCUT2D eigenvalue weighted by Gasteiger charge is 2.39. The minimum atomic E-state index is -0.0460. The molecule has 1 aliphatic carbocycles. The number of methoxy groups -OCH3 is 1. The smallest absolute Gasteiger partial charge is 0.310 e. The van der Waals surface area contributed by atoms with Gasteiger partial charge in [0.05, 0.1) is 13.0 Å². The van der Waals surface area contributed by atoms with Crippen molar-refractivity contribution < 1.29 is 9.53 Å². The SMILES string of the molecule is COC(=O)C1CC(C2CC2)CNC1C. The van der Waals surface area contributed by atoms with Gasteiger partial charge in [-0.2, -0.15) is 0 Å². The van der Waals surface area contributed by atoms with Gasteiger partial charge in [0.1, 0.15) is 0 Å². The molecule has 0 bridgehead atoms. The summed E-state index contributed by atoms with van der Waals surface area (Å²) in [6.07, 6.45) is 3.73. The van der Waals surface area contributed by atoms with Gasteiger partial charge in [-0.15, -0.1) is 0 Å². The Morgan fingerprint density at radius 3 is 2.64 bits per heavy atom. The molecule has 1 aliphatic heterocycles. The van der Waals surface area contributed by atoms with Gasteiger partial charge in [0.2, 0.25) is 0 Å². The molecule has 0 amide bonds. The molecule has 1 N–H and O–H groups in total. The molecule has 2 rings (SSSR count). The van der Waals surface area contributed by atoms with Crippen molar-refractivity contribution in [2.24, 2.45) is 17.8 Å². The summed E-state index contributed by atoms with van der Waals surface area (Å²) < 4.78 is 4.83. The maximum atomic E-state index is 11.5. The standard InChI is InChI=1S/C11H19NO2/c1-7-10(11(13)14-2)5-9(6-12-7)8-3-4-8/h7-10,12H,3-6H2,1-2H3. The number of ether oxygens (including phenoxy) is 1. The van der Waals surface area contributed by atoms with Crippen molar-refractivity contribution in [3.8, 4) is 0 Å². The molecule has 14 heavy (non-hydrogen) atoms. The zero-order valence-electron chi connectivity index (χ0n) is 8.95. The van der Waals surface area contributed by atoms with Crippen molar-refractivity contribution >= 4 is 5.97 Å². The van der Waals surface area contributed by atoms with Gasteiger partial charge in [-0.1, -0.05) is 0 Å². The van der Waals surface area contributed by atoms with Crippen LogP contribution in [0.3, 0.4) is 0 Å². The third kappa shape index (κ3) is 1.92. The van der Waals surface area contributed by atoms with Crippen LogP contribution in [-0.4, -0.2) is 25.7 Å². The lowest BCUT2D eigenvalue weighted by molar-refractivity contribution is -0.148. The Balaban J connectivity index is 1.95. The molecule has 0 radical (unpaired) electrons. The van der Waals surface area contributed by atoms with Gasteiger partial charge >= 0.3 is 5.97 Å². The van der Waals surface area contributed by atoms with Crippen molar-refractivity contribution in [3.05, 3.63) is 0 Å². The molecule has 2 aliphatic rings. The van der Waals surface area contributed by atoms with E-state index >= 15 is 0 Å². The molecule has 1 heterocycles. The van der Waals surface area contributed by atoms with Crippen LogP contribution in [0.4, 0.5) is 0 Å². The summed E-state index contributed by atoms with van der Waals surface area (Å²) in [5.41, 5.74) is 0. The lowest BCUT2D eigenvalue weighted by Crippen LogP contribution is -2.47. The van der Waals surface area contributed by atoms with Crippen molar-refractivity contribution in [3.63, 3.8) is 0 Å². The highest BCUT2D eigenvalue weighted by Crippen LogP contribution is 2.41. The van der Waals surface area contributed by atoms with E-state index in [9.17, 15) is 4.79 Å². The first-order valence-electron chi connectivity index (χ1n) is 5.53. The predicted molar refractivity (Wildman–Crippen MR) is 53.8 cm³/mol. The fourth-order valence-corrected chi connectivity index (χ4v) is 2.47. The van der Waals surface area contributed by atoms with Crippen LogP contribution in [0.1, 0.15) is 26.2 Å². The first kappa shape index (κ1) is 9.97. The largest absolute Gasteiger partial charge is 0.469 e. The van der Waals surface area contributed by atoms with Crippen LogP contribution in [0.15, 0.2) is 0 Å². The minimum Gasteiger partial charge on any atom is -0.469 e. The maximum absolute atomic E-state index is 11.5. The van der Waals surface area contributed by atoms with Gasteiger partial charge < -0.3 is 10.1 Å². The van der Waals surface area contributed by atoms with Crippen LogP contribution in [0.25, 0.3) is 0 Å². The quantitative estimate of drug-likeness (QED) is 0.676. The van der Waals surface area contributed by atoms with E-state index < -0.39 is 0 Å². The first-order chi connectivity index (χ1) is 6.72. The van der Waals surface area contributed by atoms with Gasteiger partial charge in [-0.3, -0.25) is 4.79 Å². The third-order valence-corrected chi connectivity index (χ3v) is 3.65. The number of carbonyl (C=O) groups excluding carboxylic acids is 1. The lowest BCUT2D eigenvalue weighted by atomic mass is 9.83. The average Bonchev–Trinajstić information content (AvgIpc) is 3.01. The number of rotatable bonds is 2. The summed E-state index contributed by atoms with van der Waals surface area (Å²) in [6, 6.07) is 0.275. The van der Waals surface area contributed by atoms with Crippen molar-refractivity contribution in [2.45, 2.75) is 32.2 Å². The highest BCUT2D eigenvalue weighted by molar-refractivity contribution is 5.73. The normalized spacial score (nSPS) is 38.0. The molecule has 0 aromatic rings. The van der Waals surface area contributed by atoms with E-state index in [1.165, 1.54) is 20.0 Å². The van der Waals surface area contributed by atoms with E-state index in [2.05, 4.69) is 12.2 Å². The fourth-order valence-electron chi connectivity index (χ4n) is 2.47. The number of nitrogens with one attached hydrogen (secondary N) is 1. The summed E-state index contributed by atoms with van der Waals surface area (Å²) in [7, 11) is 1.48. The molecule has 2 fully saturated rings. The Labute approximate surface area is 85.2 Å². The van der Waals surface area contributed by atoms with Crippen molar-refractivity contribution in [2.75, 3.05) is 13.7 Å². The van der Waals surface area contributed by atoms with Crippen LogP contribution < -0.4 is 5.32 Å². The van der Waals surface area contributed by atoms with E-state index in [0.29, 0.717) is 5.92 Å². The van der Waals surface area contributed by atoms with Gasteiger partial charge in [0, 0.05) is 6.04 Å². The fraction of sp³-hybridized carbons (Fsp3) is 0.909. The first-order valence-corrected chi connectivity index (χ1v) is 5.53. The number of esters is 1. The van der Waals surface area contributed by atoms with E-state index in [-0.39, 0.29) is 17.9 Å². The summed E-state index contributed by atoms with van der Waals surface area (Å²) in [5.74, 6) is 1.60. The van der Waals surface area contributed by atoms with Crippen LogP contribution >= 0.6 is 0 Å². The van der Waals surface area contributed by atoms with Crippen molar-refractivity contribution in [1.82, 2.24) is 5.32 Å². The van der Waals surface area contributed by atoms with Gasteiger partial charge in [-0.05, 0) is 44.6 Å². The second-order valence-electron chi connectivity index (χ2n) is 4.66. The van der Waals surface area contributed by atoms with Gasteiger partial charge in [0.15, 0.2) is 0 Å². The minimum absolute atomic E-state index is 0.0460. The molecule has 3 atom stereocenters. The zero-order chi connectivity index (χ0) is 10.1. The summed E-state index contributed by atoms with van der Waals surface area (Å²) in [4.78, 5) is 11.5. The second-order valence-corrected chi connectivity index (χ2v) is 4.66. The van der Waals surface area contributed by atoms with Crippen LogP contribution in [0, 0.1) is 17.8 Å². The second kappa shape index (κ2) is 3.89. The van der Waals surface area contributed by atoms with E-state index in [1.807, 2.05) is 0 Å². The predicted octanol–water partition coefficient (Wildman–Crippen LogP) is 1.18. The lowest BCUT2D eigenvalue weighted by Gasteiger charge is -2.33. The van der Waals surface area contributed by atoms with Crippen LogP contribution in [-0.2, 0) is 9.53 Å². The van der Waals surface area contributed by atoms with Gasteiger partial charge in [0.25, 0.3) is 0 Å². The molecule has 3 nitrogen and oxygen atoms in total. The molecule has 0 aromatic carbocycles. The summed E-state index contributed by atoms with van der Waals surface area (Å²) in [5, 5.41) is 3.42. The summed E-state index contributed by atoms with van der Waals surface area (Å²) >= 11 is 0. The number of hydrogen-bond donors (Lipinski definition) is 1. The van der Waals surface area contributed by atoms with Gasteiger partial charge in [-0.25, -0.2) is 0 Å². The monoisotopic (exact) mass is 197 g/mol. The molecule has 80 valence electrons. The number of carbonyl (C=O) groups is 1. The Kier molecular flexibility index (Phi) is 2.77. The molecule has 0 spiro atoms. The summed E-state index contributed by atoms with van der Waals surface area (Å²) in [6.45, 7) is 3.16. The van der Waals surface area contributed by atoms with Crippen molar-refractivity contribution in [1.29, 1.82) is 0 Å². The third-order valence-electron chi connectivity index (χ3n) is 3.65. The topological polar surface area (TPSA) is 38.3 Å². The van der Waals surface area contributed by atoms with E-state index in [4.69, 9.17) is 4.74 Å². The zero-order valence-corrected chi connectivity index (χ0v) is 8.95. The number of piperidine rings is 1. The Hall–Kier alpha value is -0.570. The molecule has 3 unspecified atom stereocenters. The average molecular weight is 197 g/mol. The Morgan fingerprint density at radius 1 is 1.36 bits per heavy atom. The Morgan fingerprint density at radius 2 is 2.07 bits per heavy atom.